The molecule has 1 heterocycles. The normalized spacial score (nSPS) is 10.1. The summed E-state index contributed by atoms with van der Waals surface area (Å²) >= 11 is 3.36. The molecule has 1 aromatic carbocycles. The Morgan fingerprint density at radius 2 is 2.31 bits per heavy atom. The summed E-state index contributed by atoms with van der Waals surface area (Å²) in [7, 11) is 0. The van der Waals surface area contributed by atoms with E-state index in [1.165, 1.54) is 0 Å². The van der Waals surface area contributed by atoms with Crippen molar-refractivity contribution in [2.45, 2.75) is 6.92 Å². The number of aromatic nitrogens is 2. The van der Waals surface area contributed by atoms with Gasteiger partial charge in [0.25, 0.3) is 5.91 Å². The number of anilines is 1. The molecule has 0 aliphatic carbocycles. The maximum Gasteiger partial charge on any atom is 0.291 e. The van der Waals surface area contributed by atoms with Crippen molar-refractivity contribution in [1.29, 1.82) is 0 Å². The van der Waals surface area contributed by atoms with Crippen LogP contribution in [0.25, 0.3) is 0 Å². The van der Waals surface area contributed by atoms with E-state index >= 15 is 0 Å². The predicted octanol–water partition coefficient (Wildman–Crippen LogP) is 2.73. The molecule has 0 unspecified atom stereocenters. The highest BCUT2D eigenvalue weighted by Crippen LogP contribution is 2.20. The number of rotatable bonds is 2. The SMILES string of the molecule is Cc1ccc(Br)cc1NC(=O)c1ncc[nH]1. The maximum atomic E-state index is 11.7. The molecule has 4 nitrogen and oxygen atoms in total. The molecule has 16 heavy (non-hydrogen) atoms. The van der Waals surface area contributed by atoms with Crippen molar-refractivity contribution in [3.63, 3.8) is 0 Å². The Bertz CT molecular complexity index is 508. The summed E-state index contributed by atoms with van der Waals surface area (Å²) in [5, 5.41) is 2.79. The van der Waals surface area contributed by atoms with E-state index in [1.54, 1.807) is 12.4 Å². The van der Waals surface area contributed by atoms with E-state index in [2.05, 4.69) is 31.2 Å². The molecule has 0 atom stereocenters. The summed E-state index contributed by atoms with van der Waals surface area (Å²) < 4.78 is 0.924. The highest BCUT2D eigenvalue weighted by Gasteiger charge is 2.09. The minimum atomic E-state index is -0.244. The Labute approximate surface area is 101 Å². The van der Waals surface area contributed by atoms with Gasteiger partial charge in [0.2, 0.25) is 0 Å². The van der Waals surface area contributed by atoms with Crippen LogP contribution in [0.4, 0.5) is 5.69 Å². The summed E-state index contributed by atoms with van der Waals surface area (Å²) in [4.78, 5) is 18.4. The molecule has 0 saturated carbocycles. The highest BCUT2D eigenvalue weighted by molar-refractivity contribution is 9.10. The lowest BCUT2D eigenvalue weighted by molar-refractivity contribution is 0.101. The molecule has 0 aliphatic rings. The maximum absolute atomic E-state index is 11.7. The molecular formula is C11H10BrN3O. The van der Waals surface area contributed by atoms with Crippen molar-refractivity contribution in [2.75, 3.05) is 5.32 Å². The number of hydrogen-bond donors (Lipinski definition) is 2. The standard InChI is InChI=1S/C11H10BrN3O/c1-7-2-3-8(12)6-9(7)15-11(16)10-13-4-5-14-10/h2-6H,1H3,(H,13,14)(H,15,16). The first-order valence-electron chi connectivity index (χ1n) is 4.73. The quantitative estimate of drug-likeness (QED) is 0.888. The molecule has 1 amide bonds. The molecule has 5 heteroatoms. The second-order valence-corrected chi connectivity index (χ2v) is 4.27. The number of hydrogen-bond acceptors (Lipinski definition) is 2. The molecule has 0 aliphatic heterocycles. The Balaban J connectivity index is 2.21. The number of benzene rings is 1. The van der Waals surface area contributed by atoms with Crippen molar-refractivity contribution in [3.05, 3.63) is 46.5 Å². The van der Waals surface area contributed by atoms with Crippen molar-refractivity contribution in [2.24, 2.45) is 0 Å². The number of imidazole rings is 1. The van der Waals surface area contributed by atoms with Gasteiger partial charge in [-0.2, -0.15) is 0 Å². The first-order chi connectivity index (χ1) is 7.66. The number of nitrogens with one attached hydrogen (secondary N) is 2. The van der Waals surface area contributed by atoms with Gasteiger partial charge in [0, 0.05) is 22.6 Å². The van der Waals surface area contributed by atoms with E-state index in [0.717, 1.165) is 15.7 Å². The average molecular weight is 280 g/mol. The van der Waals surface area contributed by atoms with Gasteiger partial charge >= 0.3 is 0 Å². The largest absolute Gasteiger partial charge is 0.341 e. The number of amides is 1. The summed E-state index contributed by atoms with van der Waals surface area (Å²) in [6.07, 6.45) is 3.16. The smallest absolute Gasteiger partial charge is 0.291 e. The van der Waals surface area contributed by atoms with E-state index in [1.807, 2.05) is 25.1 Å². The van der Waals surface area contributed by atoms with Crippen molar-refractivity contribution in [1.82, 2.24) is 9.97 Å². The number of nitrogens with zero attached hydrogens (tertiary/aromatic N) is 1. The van der Waals surface area contributed by atoms with Crippen LogP contribution in [0.5, 0.6) is 0 Å². The van der Waals surface area contributed by atoms with E-state index in [-0.39, 0.29) is 5.91 Å². The summed E-state index contributed by atoms with van der Waals surface area (Å²) in [5.41, 5.74) is 1.78. The highest BCUT2D eigenvalue weighted by atomic mass is 79.9. The monoisotopic (exact) mass is 279 g/mol. The van der Waals surface area contributed by atoms with Gasteiger partial charge in [-0.05, 0) is 24.6 Å². The number of carbonyl (C=O) groups excluding carboxylic acids is 1. The van der Waals surface area contributed by atoms with Gasteiger partial charge in [-0.25, -0.2) is 4.98 Å². The minimum Gasteiger partial charge on any atom is -0.341 e. The molecule has 82 valence electrons. The number of halogens is 1. The van der Waals surface area contributed by atoms with Crippen molar-refractivity contribution >= 4 is 27.5 Å². The molecule has 2 rings (SSSR count). The third kappa shape index (κ3) is 2.30. The number of aromatic amines is 1. The van der Waals surface area contributed by atoms with Gasteiger partial charge in [0.15, 0.2) is 5.82 Å². The third-order valence-electron chi connectivity index (χ3n) is 2.16. The van der Waals surface area contributed by atoms with E-state index < -0.39 is 0 Å². The molecule has 0 fully saturated rings. The van der Waals surface area contributed by atoms with E-state index in [9.17, 15) is 4.79 Å². The zero-order valence-electron chi connectivity index (χ0n) is 8.62. The average Bonchev–Trinajstić information content (AvgIpc) is 2.76. The van der Waals surface area contributed by atoms with Gasteiger partial charge in [-0.3, -0.25) is 4.79 Å². The Morgan fingerprint density at radius 3 is 3.00 bits per heavy atom. The van der Waals surface area contributed by atoms with Crippen LogP contribution >= 0.6 is 15.9 Å². The van der Waals surface area contributed by atoms with Gasteiger partial charge in [0.1, 0.15) is 0 Å². The van der Waals surface area contributed by atoms with Crippen molar-refractivity contribution in [3.8, 4) is 0 Å². The molecule has 2 N–H and O–H groups in total. The summed E-state index contributed by atoms with van der Waals surface area (Å²) in [5.74, 6) is 0.0607. The summed E-state index contributed by atoms with van der Waals surface area (Å²) in [6.45, 7) is 1.93. The lowest BCUT2D eigenvalue weighted by atomic mass is 10.2. The Morgan fingerprint density at radius 1 is 1.50 bits per heavy atom. The fourth-order valence-corrected chi connectivity index (χ4v) is 1.66. The second kappa shape index (κ2) is 4.49. The lowest BCUT2D eigenvalue weighted by Gasteiger charge is -2.07. The molecule has 0 saturated heterocycles. The van der Waals surface area contributed by atoms with Crippen LogP contribution in [0.3, 0.4) is 0 Å². The third-order valence-corrected chi connectivity index (χ3v) is 2.65. The van der Waals surface area contributed by atoms with Crippen molar-refractivity contribution < 1.29 is 4.79 Å². The van der Waals surface area contributed by atoms with Crippen LogP contribution in [0.2, 0.25) is 0 Å². The Kier molecular flexibility index (Phi) is 3.05. The molecule has 0 radical (unpaired) electrons. The molecule has 0 bridgehead atoms. The number of carbonyl (C=O) groups is 1. The molecule has 0 spiro atoms. The topological polar surface area (TPSA) is 57.8 Å². The fourth-order valence-electron chi connectivity index (χ4n) is 1.30. The van der Waals surface area contributed by atoms with Gasteiger partial charge < -0.3 is 10.3 Å². The second-order valence-electron chi connectivity index (χ2n) is 3.35. The van der Waals surface area contributed by atoms with Gasteiger partial charge in [-0.1, -0.05) is 22.0 Å². The van der Waals surface area contributed by atoms with Crippen LogP contribution in [-0.2, 0) is 0 Å². The van der Waals surface area contributed by atoms with Gasteiger partial charge in [0.05, 0.1) is 0 Å². The first-order valence-corrected chi connectivity index (χ1v) is 5.53. The van der Waals surface area contributed by atoms with Crippen LogP contribution in [-0.4, -0.2) is 15.9 Å². The molecular weight excluding hydrogens is 270 g/mol. The van der Waals surface area contributed by atoms with Gasteiger partial charge in [-0.15, -0.1) is 0 Å². The van der Waals surface area contributed by atoms with Crippen LogP contribution < -0.4 is 5.32 Å². The number of aryl methyl sites for hydroxylation is 1. The Hall–Kier alpha value is -1.62. The summed E-state index contributed by atoms with van der Waals surface area (Å²) in [6, 6.07) is 5.72. The zero-order valence-corrected chi connectivity index (χ0v) is 10.2. The van der Waals surface area contributed by atoms with Crippen LogP contribution in [0.1, 0.15) is 16.2 Å². The van der Waals surface area contributed by atoms with E-state index in [4.69, 9.17) is 0 Å². The van der Waals surface area contributed by atoms with Crippen LogP contribution in [0, 0.1) is 6.92 Å². The molecule has 1 aromatic heterocycles. The minimum absolute atomic E-state index is 0.244. The van der Waals surface area contributed by atoms with E-state index in [0.29, 0.717) is 5.82 Å². The molecule has 2 aromatic rings. The van der Waals surface area contributed by atoms with Crippen LogP contribution in [0.15, 0.2) is 35.1 Å². The predicted molar refractivity (Wildman–Crippen MR) is 65.4 cm³/mol. The fraction of sp³-hybridized carbons (Fsp3) is 0.0909. The lowest BCUT2D eigenvalue weighted by Crippen LogP contribution is -2.14. The zero-order chi connectivity index (χ0) is 11.5. The number of H-pyrrole nitrogens is 1. The first kappa shape index (κ1) is 10.9.